The fraction of sp³-hybridized carbons (Fsp3) is 0.438. The van der Waals surface area contributed by atoms with Crippen molar-refractivity contribution in [1.82, 2.24) is 10.2 Å². The first kappa shape index (κ1) is 18.8. The molecule has 4 amide bonds. The molecule has 0 bridgehead atoms. The van der Waals surface area contributed by atoms with Crippen LogP contribution in [0.1, 0.15) is 27.2 Å². The van der Waals surface area contributed by atoms with Crippen molar-refractivity contribution in [1.29, 1.82) is 0 Å². The smallest absolute Gasteiger partial charge is 0.323 e. The highest BCUT2D eigenvalue weighted by atomic mass is 19.2. The number of halogens is 3. The molecular weight excluding hydrogens is 339 g/mol. The number of hydrogen-bond donors (Lipinski definition) is 2. The van der Waals surface area contributed by atoms with Crippen LogP contribution in [0.25, 0.3) is 0 Å². The van der Waals surface area contributed by atoms with Crippen molar-refractivity contribution in [2.75, 3.05) is 11.9 Å². The van der Waals surface area contributed by atoms with Gasteiger partial charge in [-0.15, -0.1) is 0 Å². The summed E-state index contributed by atoms with van der Waals surface area (Å²) in [5, 5.41) is 4.55. The molecule has 9 heteroatoms. The highest BCUT2D eigenvalue weighted by Gasteiger charge is 2.48. The predicted molar refractivity (Wildman–Crippen MR) is 83.1 cm³/mol. The van der Waals surface area contributed by atoms with Gasteiger partial charge in [0, 0.05) is 0 Å². The molecule has 136 valence electrons. The number of nitrogens with zero attached hydrogens (tertiary/aromatic N) is 1. The summed E-state index contributed by atoms with van der Waals surface area (Å²) in [7, 11) is 0. The van der Waals surface area contributed by atoms with E-state index in [1.165, 1.54) is 0 Å². The first-order valence-corrected chi connectivity index (χ1v) is 7.62. The highest BCUT2D eigenvalue weighted by Crippen LogP contribution is 2.25. The molecule has 1 aromatic rings. The number of benzene rings is 1. The molecule has 1 aliphatic rings. The van der Waals surface area contributed by atoms with Gasteiger partial charge in [-0.1, -0.05) is 13.8 Å². The Morgan fingerprint density at radius 3 is 2.48 bits per heavy atom. The average Bonchev–Trinajstić information content (AvgIpc) is 2.70. The van der Waals surface area contributed by atoms with Crippen LogP contribution in [0, 0.1) is 23.4 Å². The fourth-order valence-corrected chi connectivity index (χ4v) is 2.80. The Labute approximate surface area is 142 Å². The van der Waals surface area contributed by atoms with Gasteiger partial charge in [-0.2, -0.15) is 0 Å². The maximum atomic E-state index is 13.6. The third-order valence-electron chi connectivity index (χ3n) is 3.77. The molecule has 1 atom stereocenters. The van der Waals surface area contributed by atoms with E-state index in [4.69, 9.17) is 0 Å². The van der Waals surface area contributed by atoms with Crippen molar-refractivity contribution in [2.45, 2.75) is 32.7 Å². The van der Waals surface area contributed by atoms with E-state index in [2.05, 4.69) is 5.32 Å². The van der Waals surface area contributed by atoms with Crippen LogP contribution in [0.3, 0.4) is 0 Å². The Morgan fingerprint density at radius 2 is 1.88 bits per heavy atom. The summed E-state index contributed by atoms with van der Waals surface area (Å²) < 4.78 is 39.6. The molecular formula is C16H18F3N3O3. The second-order valence-corrected chi connectivity index (χ2v) is 6.52. The van der Waals surface area contributed by atoms with Gasteiger partial charge in [0.05, 0.1) is 5.69 Å². The number of imide groups is 1. The van der Waals surface area contributed by atoms with Crippen molar-refractivity contribution >= 4 is 23.5 Å². The van der Waals surface area contributed by atoms with Crippen LogP contribution in [0.5, 0.6) is 0 Å². The predicted octanol–water partition coefficient (Wildman–Crippen LogP) is 2.40. The van der Waals surface area contributed by atoms with Crippen LogP contribution in [0.15, 0.2) is 12.1 Å². The maximum Gasteiger partial charge on any atom is 0.325 e. The lowest BCUT2D eigenvalue weighted by Gasteiger charge is -2.23. The van der Waals surface area contributed by atoms with Crippen LogP contribution in [-0.2, 0) is 9.59 Å². The summed E-state index contributed by atoms with van der Waals surface area (Å²) in [5.41, 5.74) is -1.71. The van der Waals surface area contributed by atoms with E-state index in [1.54, 1.807) is 6.92 Å². The SMILES string of the molecule is CC(C)C[C@@]1(C)NC(=O)N(CC(=O)Nc2ccc(F)c(F)c2F)C1=O. The zero-order valence-electron chi connectivity index (χ0n) is 14.0. The third-order valence-corrected chi connectivity index (χ3v) is 3.77. The van der Waals surface area contributed by atoms with Gasteiger partial charge < -0.3 is 10.6 Å². The van der Waals surface area contributed by atoms with Gasteiger partial charge in [-0.3, -0.25) is 14.5 Å². The van der Waals surface area contributed by atoms with E-state index in [9.17, 15) is 27.6 Å². The molecule has 1 aromatic carbocycles. The minimum absolute atomic E-state index is 0.124. The second kappa shape index (κ2) is 6.73. The lowest BCUT2D eigenvalue weighted by Crippen LogP contribution is -2.45. The summed E-state index contributed by atoms with van der Waals surface area (Å²) in [6.45, 7) is 4.65. The van der Waals surface area contributed by atoms with Crippen LogP contribution < -0.4 is 10.6 Å². The zero-order valence-corrected chi connectivity index (χ0v) is 14.0. The maximum absolute atomic E-state index is 13.6. The topological polar surface area (TPSA) is 78.5 Å². The molecule has 0 saturated carbocycles. The molecule has 6 nitrogen and oxygen atoms in total. The summed E-state index contributed by atoms with van der Waals surface area (Å²) in [4.78, 5) is 37.0. The number of carbonyl (C=O) groups excluding carboxylic acids is 3. The first-order valence-electron chi connectivity index (χ1n) is 7.62. The van der Waals surface area contributed by atoms with Crippen molar-refractivity contribution < 1.29 is 27.6 Å². The zero-order chi connectivity index (χ0) is 18.9. The molecule has 1 aliphatic heterocycles. The van der Waals surface area contributed by atoms with E-state index in [0.29, 0.717) is 17.4 Å². The number of hydrogen-bond acceptors (Lipinski definition) is 3. The normalized spacial score (nSPS) is 20.2. The van der Waals surface area contributed by atoms with Crippen LogP contribution >= 0.6 is 0 Å². The molecule has 1 heterocycles. The quantitative estimate of drug-likeness (QED) is 0.627. The Kier molecular flexibility index (Phi) is 5.05. The van der Waals surface area contributed by atoms with E-state index in [0.717, 1.165) is 6.07 Å². The molecule has 1 fully saturated rings. The largest absolute Gasteiger partial charge is 0.325 e. The molecule has 25 heavy (non-hydrogen) atoms. The molecule has 2 N–H and O–H groups in total. The molecule has 0 aliphatic carbocycles. The highest BCUT2D eigenvalue weighted by molar-refractivity contribution is 6.09. The summed E-state index contributed by atoms with van der Waals surface area (Å²) in [5.74, 6) is -6.05. The minimum atomic E-state index is -1.72. The van der Waals surface area contributed by atoms with E-state index >= 15 is 0 Å². The monoisotopic (exact) mass is 357 g/mol. The third kappa shape index (κ3) is 3.75. The number of anilines is 1. The number of amides is 4. The van der Waals surface area contributed by atoms with Crippen LogP contribution in [0.4, 0.5) is 23.7 Å². The van der Waals surface area contributed by atoms with Gasteiger partial charge in [0.15, 0.2) is 17.5 Å². The lowest BCUT2D eigenvalue weighted by atomic mass is 9.91. The van der Waals surface area contributed by atoms with Crippen LogP contribution in [-0.4, -0.2) is 34.8 Å². The Balaban J connectivity index is 2.10. The van der Waals surface area contributed by atoms with Crippen molar-refractivity contribution in [2.24, 2.45) is 5.92 Å². The van der Waals surface area contributed by atoms with Crippen molar-refractivity contribution in [3.05, 3.63) is 29.6 Å². The first-order chi connectivity index (χ1) is 11.5. The van der Waals surface area contributed by atoms with Crippen LogP contribution in [0.2, 0.25) is 0 Å². The van der Waals surface area contributed by atoms with Crippen molar-refractivity contribution in [3.63, 3.8) is 0 Å². The Hall–Kier alpha value is -2.58. The molecule has 1 saturated heterocycles. The number of nitrogens with one attached hydrogen (secondary N) is 2. The fourth-order valence-electron chi connectivity index (χ4n) is 2.80. The summed E-state index contributed by atoms with van der Waals surface area (Å²) >= 11 is 0. The summed E-state index contributed by atoms with van der Waals surface area (Å²) in [6, 6.07) is 0.760. The molecule has 0 radical (unpaired) electrons. The van der Waals surface area contributed by atoms with Gasteiger partial charge in [-0.05, 0) is 31.4 Å². The summed E-state index contributed by atoms with van der Waals surface area (Å²) in [6.07, 6.45) is 0.382. The van der Waals surface area contributed by atoms with E-state index in [1.807, 2.05) is 19.2 Å². The van der Waals surface area contributed by atoms with Gasteiger partial charge in [0.1, 0.15) is 12.1 Å². The lowest BCUT2D eigenvalue weighted by molar-refractivity contribution is -0.133. The molecule has 0 aromatic heterocycles. The Morgan fingerprint density at radius 1 is 1.24 bits per heavy atom. The minimum Gasteiger partial charge on any atom is -0.323 e. The standard InChI is InChI=1S/C16H18F3N3O3/c1-8(2)6-16(3)14(24)22(15(25)21-16)7-11(23)20-10-5-4-9(17)12(18)13(10)19/h4-5,8H,6-7H2,1-3H3,(H,20,23)(H,21,25)/t16-/m1/s1. The average molecular weight is 357 g/mol. The molecule has 0 spiro atoms. The number of urea groups is 1. The van der Waals surface area contributed by atoms with E-state index < -0.39 is 53.1 Å². The van der Waals surface area contributed by atoms with Gasteiger partial charge in [0.2, 0.25) is 5.91 Å². The number of carbonyl (C=O) groups is 3. The second-order valence-electron chi connectivity index (χ2n) is 6.52. The van der Waals surface area contributed by atoms with E-state index in [-0.39, 0.29) is 5.92 Å². The molecule has 2 rings (SSSR count). The molecule has 0 unspecified atom stereocenters. The van der Waals surface area contributed by atoms with Gasteiger partial charge >= 0.3 is 6.03 Å². The van der Waals surface area contributed by atoms with Crippen molar-refractivity contribution in [3.8, 4) is 0 Å². The number of rotatable bonds is 5. The van der Waals surface area contributed by atoms with Gasteiger partial charge in [0.25, 0.3) is 5.91 Å². The van der Waals surface area contributed by atoms with Gasteiger partial charge in [-0.25, -0.2) is 18.0 Å². The Bertz CT molecular complexity index is 739.